The summed E-state index contributed by atoms with van der Waals surface area (Å²) in [7, 11) is 0. The molecule has 0 aromatic heterocycles. The van der Waals surface area contributed by atoms with Gasteiger partial charge in [0.2, 0.25) is 0 Å². The average Bonchev–Trinajstić information content (AvgIpc) is 2.71. The molecule has 0 amide bonds. The lowest BCUT2D eigenvalue weighted by Crippen LogP contribution is -2.33. The normalized spacial score (nSPS) is 24.6. The summed E-state index contributed by atoms with van der Waals surface area (Å²) in [6, 6.07) is 5.37. The van der Waals surface area contributed by atoms with Gasteiger partial charge < -0.3 is 5.11 Å². The summed E-state index contributed by atoms with van der Waals surface area (Å²) < 4.78 is 0. The van der Waals surface area contributed by atoms with Gasteiger partial charge in [-0.05, 0) is 24.1 Å². The van der Waals surface area contributed by atoms with Crippen molar-refractivity contribution in [1.82, 2.24) is 5.32 Å². The molecule has 2 unspecified atom stereocenters. The molecule has 2 N–H and O–H groups in total. The van der Waals surface area contributed by atoms with Crippen molar-refractivity contribution in [2.45, 2.75) is 18.3 Å². The van der Waals surface area contributed by atoms with Crippen LogP contribution in [0.1, 0.15) is 16.5 Å². The van der Waals surface area contributed by atoms with Gasteiger partial charge in [-0.1, -0.05) is 23.7 Å². The molecule has 1 heterocycles. The van der Waals surface area contributed by atoms with Crippen LogP contribution in [0.15, 0.2) is 18.2 Å². The Morgan fingerprint density at radius 3 is 2.94 bits per heavy atom. The Morgan fingerprint density at radius 1 is 1.62 bits per heavy atom. The van der Waals surface area contributed by atoms with Gasteiger partial charge in [0.25, 0.3) is 0 Å². The standard InChI is InChI=1S/C11H12ClNO2S/c1-6-2-3-7(4-8(6)12)10-13-9(5-16-10)11(14)15/h2-4,9-10,13H,5H2,1H3,(H,14,15). The van der Waals surface area contributed by atoms with Gasteiger partial charge in [0, 0.05) is 10.8 Å². The smallest absolute Gasteiger partial charge is 0.321 e. The molecule has 3 nitrogen and oxygen atoms in total. The summed E-state index contributed by atoms with van der Waals surface area (Å²) >= 11 is 7.63. The minimum Gasteiger partial charge on any atom is -0.480 e. The van der Waals surface area contributed by atoms with Crippen LogP contribution in [0, 0.1) is 6.92 Å². The summed E-state index contributed by atoms with van der Waals surface area (Å²) in [4.78, 5) is 10.8. The van der Waals surface area contributed by atoms with Crippen molar-refractivity contribution in [3.63, 3.8) is 0 Å². The van der Waals surface area contributed by atoms with Gasteiger partial charge in [-0.2, -0.15) is 0 Å². The fraction of sp³-hybridized carbons (Fsp3) is 0.364. The molecule has 1 aromatic carbocycles. The zero-order valence-corrected chi connectivity index (χ0v) is 10.3. The van der Waals surface area contributed by atoms with E-state index in [1.165, 1.54) is 0 Å². The van der Waals surface area contributed by atoms with E-state index in [0.717, 1.165) is 16.1 Å². The van der Waals surface area contributed by atoms with Crippen LogP contribution in [0.3, 0.4) is 0 Å². The van der Waals surface area contributed by atoms with E-state index in [1.54, 1.807) is 11.8 Å². The maximum Gasteiger partial charge on any atom is 0.321 e. The predicted octanol–water partition coefficient (Wildman–Crippen LogP) is 2.44. The van der Waals surface area contributed by atoms with E-state index < -0.39 is 12.0 Å². The van der Waals surface area contributed by atoms with Gasteiger partial charge in [0.15, 0.2) is 0 Å². The molecule has 1 aliphatic rings. The van der Waals surface area contributed by atoms with E-state index >= 15 is 0 Å². The molecular weight excluding hydrogens is 246 g/mol. The number of thioether (sulfide) groups is 1. The molecule has 1 saturated heterocycles. The molecule has 0 aliphatic carbocycles. The Morgan fingerprint density at radius 2 is 2.38 bits per heavy atom. The fourth-order valence-corrected chi connectivity index (χ4v) is 2.99. The number of halogens is 1. The molecule has 86 valence electrons. The lowest BCUT2D eigenvalue weighted by atomic mass is 10.1. The molecule has 16 heavy (non-hydrogen) atoms. The number of hydrogen-bond acceptors (Lipinski definition) is 3. The molecule has 1 aromatic rings. The lowest BCUT2D eigenvalue weighted by Gasteiger charge is -2.12. The molecule has 2 rings (SSSR count). The van der Waals surface area contributed by atoms with Crippen molar-refractivity contribution in [3.8, 4) is 0 Å². The molecule has 0 saturated carbocycles. The van der Waals surface area contributed by atoms with Crippen molar-refractivity contribution >= 4 is 29.3 Å². The van der Waals surface area contributed by atoms with E-state index in [9.17, 15) is 4.79 Å². The summed E-state index contributed by atoms with van der Waals surface area (Å²) in [5.41, 5.74) is 2.06. The number of benzene rings is 1. The highest BCUT2D eigenvalue weighted by Crippen LogP contribution is 2.34. The van der Waals surface area contributed by atoms with E-state index in [2.05, 4.69) is 5.32 Å². The first-order valence-electron chi connectivity index (χ1n) is 4.94. The first kappa shape index (κ1) is 11.8. The fourth-order valence-electron chi connectivity index (χ4n) is 1.58. The molecule has 1 fully saturated rings. The number of carbonyl (C=O) groups is 1. The highest BCUT2D eigenvalue weighted by atomic mass is 35.5. The van der Waals surface area contributed by atoms with E-state index in [-0.39, 0.29) is 5.37 Å². The van der Waals surface area contributed by atoms with E-state index in [1.807, 2.05) is 25.1 Å². The summed E-state index contributed by atoms with van der Waals surface area (Å²) in [6.07, 6.45) is 0. The third-order valence-electron chi connectivity index (χ3n) is 2.58. The predicted molar refractivity (Wildman–Crippen MR) is 65.9 cm³/mol. The molecule has 1 aliphatic heterocycles. The lowest BCUT2D eigenvalue weighted by molar-refractivity contribution is -0.138. The van der Waals surface area contributed by atoms with Crippen LogP contribution in [-0.4, -0.2) is 22.9 Å². The second-order valence-corrected chi connectivity index (χ2v) is 5.32. The number of carboxylic acids is 1. The van der Waals surface area contributed by atoms with Crippen LogP contribution in [0.25, 0.3) is 0 Å². The number of rotatable bonds is 2. The second-order valence-electron chi connectivity index (χ2n) is 3.78. The van der Waals surface area contributed by atoms with Gasteiger partial charge in [-0.3, -0.25) is 10.1 Å². The van der Waals surface area contributed by atoms with Gasteiger partial charge in [0.1, 0.15) is 6.04 Å². The molecule has 0 radical (unpaired) electrons. The van der Waals surface area contributed by atoms with Gasteiger partial charge in [-0.15, -0.1) is 11.8 Å². The third kappa shape index (κ3) is 2.34. The average molecular weight is 258 g/mol. The maximum atomic E-state index is 10.8. The van der Waals surface area contributed by atoms with Crippen molar-refractivity contribution < 1.29 is 9.90 Å². The van der Waals surface area contributed by atoms with Gasteiger partial charge in [0.05, 0.1) is 5.37 Å². The molecule has 0 spiro atoms. The van der Waals surface area contributed by atoms with Crippen LogP contribution < -0.4 is 5.32 Å². The SMILES string of the molecule is Cc1ccc(C2NC(C(=O)O)CS2)cc1Cl. The highest BCUT2D eigenvalue weighted by molar-refractivity contribution is 7.99. The molecular formula is C11H12ClNO2S. The van der Waals surface area contributed by atoms with Crippen molar-refractivity contribution in [2.24, 2.45) is 0 Å². The van der Waals surface area contributed by atoms with Crippen molar-refractivity contribution in [3.05, 3.63) is 34.3 Å². The number of aliphatic carboxylic acids is 1. The van der Waals surface area contributed by atoms with Crippen LogP contribution >= 0.6 is 23.4 Å². The molecule has 5 heteroatoms. The van der Waals surface area contributed by atoms with Crippen LogP contribution in [0.4, 0.5) is 0 Å². The first-order valence-corrected chi connectivity index (χ1v) is 6.37. The monoisotopic (exact) mass is 257 g/mol. The zero-order chi connectivity index (χ0) is 11.7. The Hall–Kier alpha value is -0.710. The Bertz CT molecular complexity index is 424. The Labute approximate surface area is 103 Å². The minimum absolute atomic E-state index is 0.0270. The van der Waals surface area contributed by atoms with Crippen LogP contribution in [0.2, 0.25) is 5.02 Å². The first-order chi connectivity index (χ1) is 7.58. The summed E-state index contributed by atoms with van der Waals surface area (Å²) in [5.74, 6) is -0.209. The van der Waals surface area contributed by atoms with Gasteiger partial charge >= 0.3 is 5.97 Å². The summed E-state index contributed by atoms with van der Waals surface area (Å²) in [6.45, 7) is 1.95. The molecule has 0 bridgehead atoms. The second kappa shape index (κ2) is 4.65. The Kier molecular flexibility index (Phi) is 3.42. The zero-order valence-electron chi connectivity index (χ0n) is 8.74. The highest BCUT2D eigenvalue weighted by Gasteiger charge is 2.30. The largest absolute Gasteiger partial charge is 0.480 e. The quantitative estimate of drug-likeness (QED) is 0.855. The van der Waals surface area contributed by atoms with Crippen LogP contribution in [0.5, 0.6) is 0 Å². The topological polar surface area (TPSA) is 49.3 Å². The molecule has 2 atom stereocenters. The maximum absolute atomic E-state index is 10.8. The van der Waals surface area contributed by atoms with Crippen LogP contribution in [-0.2, 0) is 4.79 Å². The van der Waals surface area contributed by atoms with E-state index in [4.69, 9.17) is 16.7 Å². The van der Waals surface area contributed by atoms with Crippen molar-refractivity contribution in [2.75, 3.05) is 5.75 Å². The summed E-state index contributed by atoms with van der Waals surface area (Å²) in [5, 5.41) is 12.7. The van der Waals surface area contributed by atoms with Crippen molar-refractivity contribution in [1.29, 1.82) is 0 Å². The van der Waals surface area contributed by atoms with Gasteiger partial charge in [-0.25, -0.2) is 0 Å². The third-order valence-corrected chi connectivity index (χ3v) is 4.25. The number of carboxylic acid groups (broad SMARTS) is 1. The number of aryl methyl sites for hydroxylation is 1. The minimum atomic E-state index is -0.798. The van der Waals surface area contributed by atoms with E-state index in [0.29, 0.717) is 5.75 Å². The Balaban J connectivity index is 2.14. The number of nitrogens with one attached hydrogen (secondary N) is 1. The number of hydrogen-bond donors (Lipinski definition) is 2.